The Kier molecular flexibility index (Phi) is 5.13. The number of hydrogen-bond acceptors (Lipinski definition) is 6. The minimum atomic E-state index is -1.11. The molecule has 0 saturated carbocycles. The summed E-state index contributed by atoms with van der Waals surface area (Å²) in [6, 6.07) is 0. The van der Waals surface area contributed by atoms with Crippen molar-refractivity contribution in [3.05, 3.63) is 0 Å². The predicted octanol–water partition coefficient (Wildman–Crippen LogP) is 0.248. The molecule has 6 nitrogen and oxygen atoms in total. The Morgan fingerprint density at radius 2 is 2.17 bits per heavy atom. The van der Waals surface area contributed by atoms with E-state index in [1.54, 1.807) is 0 Å². The molecule has 0 aromatic carbocycles. The van der Waals surface area contributed by atoms with Crippen LogP contribution in [0.5, 0.6) is 0 Å². The first-order chi connectivity index (χ1) is 8.56. The summed E-state index contributed by atoms with van der Waals surface area (Å²) in [6.45, 7) is 0.0650. The molecule has 100 valence electrons. The molecule has 1 heterocycles. The van der Waals surface area contributed by atoms with Crippen molar-refractivity contribution < 1.29 is 28.5 Å². The van der Waals surface area contributed by atoms with Gasteiger partial charge in [0.25, 0.3) is 0 Å². The number of carbonyl (C=O) groups excluding carboxylic acids is 2. The van der Waals surface area contributed by atoms with Gasteiger partial charge in [-0.2, -0.15) is 0 Å². The van der Waals surface area contributed by atoms with E-state index >= 15 is 0 Å². The van der Waals surface area contributed by atoms with Crippen LogP contribution in [0.4, 0.5) is 0 Å². The fourth-order valence-corrected chi connectivity index (χ4v) is 1.66. The maximum absolute atomic E-state index is 11.3. The number of esters is 2. The topological polar surface area (TPSA) is 71.1 Å². The molecular formula is C12H16O6. The summed E-state index contributed by atoms with van der Waals surface area (Å²) in [6.07, 6.45) is 4.93. The van der Waals surface area contributed by atoms with Crippen LogP contribution in [-0.2, 0) is 28.5 Å². The van der Waals surface area contributed by atoms with Gasteiger partial charge in [0, 0.05) is 6.42 Å². The first-order valence-electron chi connectivity index (χ1n) is 5.47. The van der Waals surface area contributed by atoms with Crippen molar-refractivity contribution in [3.8, 4) is 12.3 Å². The molecule has 0 N–H and O–H groups in total. The van der Waals surface area contributed by atoms with E-state index in [0.29, 0.717) is 0 Å². The lowest BCUT2D eigenvalue weighted by molar-refractivity contribution is -0.185. The number of hydrogen-bond donors (Lipinski definition) is 0. The maximum atomic E-state index is 11.3. The van der Waals surface area contributed by atoms with E-state index in [9.17, 15) is 9.59 Å². The molecule has 1 aliphatic heterocycles. The zero-order valence-electron chi connectivity index (χ0n) is 10.4. The van der Waals surface area contributed by atoms with Crippen molar-refractivity contribution in [2.75, 3.05) is 20.8 Å². The number of methoxy groups -OCH3 is 2. The van der Waals surface area contributed by atoms with Crippen molar-refractivity contribution in [1.29, 1.82) is 0 Å². The van der Waals surface area contributed by atoms with Gasteiger partial charge < -0.3 is 18.9 Å². The standard InChI is InChI=1S/C12H16O6/c1-4-6-12(7-5-10(13)15-2)17-8-9(18-12)11(14)16-3/h1,9H,5-8H2,2-3H3/t9-,12+/m0/s1. The van der Waals surface area contributed by atoms with E-state index in [4.69, 9.17) is 15.9 Å². The third kappa shape index (κ3) is 3.45. The molecule has 2 atom stereocenters. The Labute approximate surface area is 106 Å². The van der Waals surface area contributed by atoms with Crippen LogP contribution < -0.4 is 0 Å². The van der Waals surface area contributed by atoms with E-state index in [0.717, 1.165) is 0 Å². The Bertz CT molecular complexity index is 358. The minimum absolute atomic E-state index is 0.0650. The van der Waals surface area contributed by atoms with Crippen LogP contribution in [0.15, 0.2) is 0 Å². The van der Waals surface area contributed by atoms with Crippen LogP contribution in [-0.4, -0.2) is 44.7 Å². The summed E-state index contributed by atoms with van der Waals surface area (Å²) >= 11 is 0. The van der Waals surface area contributed by atoms with Crippen LogP contribution in [0.1, 0.15) is 19.3 Å². The van der Waals surface area contributed by atoms with Crippen LogP contribution in [0.3, 0.4) is 0 Å². The summed E-state index contributed by atoms with van der Waals surface area (Å²) in [5.41, 5.74) is 0. The average Bonchev–Trinajstić information content (AvgIpc) is 2.80. The normalized spacial score (nSPS) is 26.4. The van der Waals surface area contributed by atoms with Crippen LogP contribution >= 0.6 is 0 Å². The largest absolute Gasteiger partial charge is 0.469 e. The quantitative estimate of drug-likeness (QED) is 0.518. The predicted molar refractivity (Wildman–Crippen MR) is 60.3 cm³/mol. The summed E-state index contributed by atoms with van der Waals surface area (Å²) in [4.78, 5) is 22.4. The zero-order valence-corrected chi connectivity index (χ0v) is 10.4. The van der Waals surface area contributed by atoms with Gasteiger partial charge in [-0.15, -0.1) is 12.3 Å². The second-order valence-electron chi connectivity index (χ2n) is 3.81. The maximum Gasteiger partial charge on any atom is 0.337 e. The minimum Gasteiger partial charge on any atom is -0.469 e. The first kappa shape index (κ1) is 14.5. The van der Waals surface area contributed by atoms with Gasteiger partial charge in [-0.25, -0.2) is 4.79 Å². The third-order valence-corrected chi connectivity index (χ3v) is 2.63. The van der Waals surface area contributed by atoms with Gasteiger partial charge in [-0.05, 0) is 0 Å². The Hall–Kier alpha value is -1.58. The monoisotopic (exact) mass is 256 g/mol. The molecule has 0 aromatic heterocycles. The smallest absolute Gasteiger partial charge is 0.337 e. The second-order valence-corrected chi connectivity index (χ2v) is 3.81. The summed E-state index contributed by atoms with van der Waals surface area (Å²) in [7, 11) is 2.56. The molecule has 0 aliphatic carbocycles. The van der Waals surface area contributed by atoms with Crippen molar-refractivity contribution in [1.82, 2.24) is 0 Å². The molecule has 0 unspecified atom stereocenters. The van der Waals surface area contributed by atoms with Crippen molar-refractivity contribution in [2.24, 2.45) is 0 Å². The zero-order chi connectivity index (χ0) is 13.6. The highest BCUT2D eigenvalue weighted by Crippen LogP contribution is 2.32. The van der Waals surface area contributed by atoms with Gasteiger partial charge >= 0.3 is 11.9 Å². The molecule has 1 saturated heterocycles. The average molecular weight is 256 g/mol. The molecule has 6 heteroatoms. The lowest BCUT2D eigenvalue weighted by Gasteiger charge is -2.25. The summed E-state index contributed by atoms with van der Waals surface area (Å²) < 4.78 is 20.0. The van der Waals surface area contributed by atoms with Crippen molar-refractivity contribution in [3.63, 3.8) is 0 Å². The van der Waals surface area contributed by atoms with Crippen molar-refractivity contribution >= 4 is 11.9 Å². The first-order valence-corrected chi connectivity index (χ1v) is 5.47. The number of rotatable bonds is 5. The molecule has 0 amide bonds. The molecule has 1 aliphatic rings. The van der Waals surface area contributed by atoms with E-state index in [1.165, 1.54) is 14.2 Å². The third-order valence-electron chi connectivity index (χ3n) is 2.63. The highest BCUT2D eigenvalue weighted by atomic mass is 16.8. The van der Waals surface area contributed by atoms with E-state index in [2.05, 4.69) is 15.4 Å². The number of terminal acetylenes is 1. The highest BCUT2D eigenvalue weighted by Gasteiger charge is 2.44. The van der Waals surface area contributed by atoms with E-state index in [1.807, 2.05) is 0 Å². The van der Waals surface area contributed by atoms with Crippen LogP contribution in [0, 0.1) is 12.3 Å². The van der Waals surface area contributed by atoms with Gasteiger partial charge in [-0.1, -0.05) is 0 Å². The molecular weight excluding hydrogens is 240 g/mol. The van der Waals surface area contributed by atoms with Crippen LogP contribution in [0.2, 0.25) is 0 Å². The Morgan fingerprint density at radius 3 is 2.72 bits per heavy atom. The molecule has 0 aromatic rings. The SMILES string of the molecule is C#CC[C@@]1(CCC(=O)OC)OC[C@@H](C(=O)OC)O1. The van der Waals surface area contributed by atoms with Crippen LogP contribution in [0.25, 0.3) is 0 Å². The van der Waals surface area contributed by atoms with E-state index < -0.39 is 17.9 Å². The number of ether oxygens (including phenoxy) is 4. The Morgan fingerprint density at radius 1 is 1.44 bits per heavy atom. The lowest BCUT2D eigenvalue weighted by Crippen LogP contribution is -2.33. The van der Waals surface area contributed by atoms with Gasteiger partial charge in [0.05, 0.1) is 33.7 Å². The lowest BCUT2D eigenvalue weighted by atomic mass is 10.1. The summed E-state index contributed by atoms with van der Waals surface area (Å²) in [5.74, 6) is 0.396. The molecule has 0 bridgehead atoms. The number of carbonyl (C=O) groups is 2. The van der Waals surface area contributed by atoms with E-state index in [-0.39, 0.29) is 31.8 Å². The van der Waals surface area contributed by atoms with Gasteiger partial charge in [0.2, 0.25) is 0 Å². The fourth-order valence-electron chi connectivity index (χ4n) is 1.66. The van der Waals surface area contributed by atoms with Gasteiger partial charge in [0.1, 0.15) is 0 Å². The molecule has 0 radical (unpaired) electrons. The molecule has 18 heavy (non-hydrogen) atoms. The molecule has 1 rings (SSSR count). The highest BCUT2D eigenvalue weighted by molar-refractivity contribution is 5.75. The summed E-state index contributed by atoms with van der Waals surface area (Å²) in [5, 5.41) is 0. The van der Waals surface area contributed by atoms with Crippen molar-refractivity contribution in [2.45, 2.75) is 31.2 Å². The molecule has 0 spiro atoms. The Balaban J connectivity index is 2.63. The second kappa shape index (κ2) is 6.38. The fraction of sp³-hybridized carbons (Fsp3) is 0.667. The molecule has 1 fully saturated rings. The van der Waals surface area contributed by atoms with Gasteiger partial charge in [0.15, 0.2) is 11.9 Å². The van der Waals surface area contributed by atoms with Gasteiger partial charge in [-0.3, -0.25) is 4.79 Å².